The van der Waals surface area contributed by atoms with Crippen LogP contribution < -0.4 is 0 Å². The summed E-state index contributed by atoms with van der Waals surface area (Å²) in [6, 6.07) is -0.823. The lowest BCUT2D eigenvalue weighted by molar-refractivity contribution is -0.144. The van der Waals surface area contributed by atoms with Crippen molar-refractivity contribution in [1.29, 1.82) is 0 Å². The Kier molecular flexibility index (Phi) is 5.86. The quantitative estimate of drug-likeness (QED) is 0.869. The van der Waals surface area contributed by atoms with Gasteiger partial charge in [-0.25, -0.2) is 4.79 Å². The number of aliphatic hydroxyl groups is 1. The van der Waals surface area contributed by atoms with Gasteiger partial charge in [0.15, 0.2) is 0 Å². The zero-order chi connectivity index (χ0) is 16.3. The Morgan fingerprint density at radius 1 is 1.43 bits per heavy atom. The molecule has 0 radical (unpaired) electrons. The predicted octanol–water partition coefficient (Wildman–Crippen LogP) is 2.33. The number of alkyl halides is 3. The third kappa shape index (κ3) is 6.52. The summed E-state index contributed by atoms with van der Waals surface area (Å²) in [6.07, 6.45) is -7.88. The highest BCUT2D eigenvalue weighted by Crippen LogP contribution is 2.25. The minimum absolute atomic E-state index is 0.00172. The summed E-state index contributed by atoms with van der Waals surface area (Å²) in [5, 5.41) is 9.93. The fraction of sp³-hybridized carbons (Fsp3) is 0.923. The van der Waals surface area contributed by atoms with Crippen molar-refractivity contribution in [2.24, 2.45) is 0 Å². The lowest BCUT2D eigenvalue weighted by Gasteiger charge is -2.38. The Hall–Kier alpha value is -1.02. The van der Waals surface area contributed by atoms with Gasteiger partial charge in [-0.2, -0.15) is 13.2 Å². The van der Waals surface area contributed by atoms with Gasteiger partial charge in [0, 0.05) is 13.0 Å². The average Bonchev–Trinajstić information content (AvgIpc) is 2.33. The summed E-state index contributed by atoms with van der Waals surface area (Å²) >= 11 is 0. The highest BCUT2D eigenvalue weighted by molar-refractivity contribution is 5.68. The molecule has 0 aromatic heterocycles. The minimum atomic E-state index is -4.34. The van der Waals surface area contributed by atoms with E-state index >= 15 is 0 Å². The van der Waals surface area contributed by atoms with Gasteiger partial charge in [-0.05, 0) is 27.2 Å². The smallest absolute Gasteiger partial charge is 0.410 e. The highest BCUT2D eigenvalue weighted by Gasteiger charge is 2.37. The van der Waals surface area contributed by atoms with Crippen LogP contribution in [-0.2, 0) is 9.47 Å². The molecule has 1 N–H and O–H groups in total. The van der Waals surface area contributed by atoms with E-state index in [1.807, 2.05) is 0 Å². The largest absolute Gasteiger partial charge is 0.444 e. The third-order valence-electron chi connectivity index (χ3n) is 2.96. The SMILES string of the molecule is CC(C)(C)OC(=O)N1CCOCC1C(O)CCC(F)(F)F. The minimum Gasteiger partial charge on any atom is -0.444 e. The molecular formula is C13H22F3NO4. The van der Waals surface area contributed by atoms with E-state index in [2.05, 4.69) is 0 Å². The van der Waals surface area contributed by atoms with Gasteiger partial charge in [0.1, 0.15) is 5.60 Å². The molecule has 1 aliphatic rings. The first kappa shape index (κ1) is 18.0. The van der Waals surface area contributed by atoms with Crippen LogP contribution in [0, 0.1) is 0 Å². The van der Waals surface area contributed by atoms with Crippen LogP contribution in [0.15, 0.2) is 0 Å². The highest BCUT2D eigenvalue weighted by atomic mass is 19.4. The Morgan fingerprint density at radius 3 is 2.57 bits per heavy atom. The van der Waals surface area contributed by atoms with Crippen molar-refractivity contribution < 1.29 is 32.5 Å². The molecule has 2 unspecified atom stereocenters. The monoisotopic (exact) mass is 313 g/mol. The molecule has 0 saturated carbocycles. The van der Waals surface area contributed by atoms with E-state index in [1.165, 1.54) is 4.90 Å². The van der Waals surface area contributed by atoms with Crippen molar-refractivity contribution in [3.05, 3.63) is 0 Å². The average molecular weight is 313 g/mol. The molecule has 1 amide bonds. The molecule has 124 valence electrons. The summed E-state index contributed by atoms with van der Waals surface area (Å²) < 4.78 is 47.0. The maximum Gasteiger partial charge on any atom is 0.410 e. The first-order chi connectivity index (χ1) is 9.49. The molecule has 5 nitrogen and oxygen atoms in total. The number of aliphatic hydroxyl groups excluding tert-OH is 1. The molecule has 1 rings (SSSR count). The number of carbonyl (C=O) groups excluding carboxylic acids is 1. The number of amides is 1. The normalized spacial score (nSPS) is 22.0. The summed E-state index contributed by atoms with van der Waals surface area (Å²) in [6.45, 7) is 5.53. The maximum atomic E-state index is 12.2. The van der Waals surface area contributed by atoms with Crippen LogP contribution >= 0.6 is 0 Å². The lowest BCUT2D eigenvalue weighted by Crippen LogP contribution is -2.55. The van der Waals surface area contributed by atoms with Crippen LogP contribution in [0.3, 0.4) is 0 Å². The molecule has 1 heterocycles. The van der Waals surface area contributed by atoms with E-state index in [9.17, 15) is 23.1 Å². The molecule has 1 fully saturated rings. The van der Waals surface area contributed by atoms with Crippen LogP contribution in [0.1, 0.15) is 33.6 Å². The van der Waals surface area contributed by atoms with Crippen LogP contribution in [0.5, 0.6) is 0 Å². The molecule has 1 aliphatic heterocycles. The predicted molar refractivity (Wildman–Crippen MR) is 68.8 cm³/mol. The van der Waals surface area contributed by atoms with E-state index < -0.39 is 42.9 Å². The van der Waals surface area contributed by atoms with Gasteiger partial charge in [-0.1, -0.05) is 0 Å². The molecule has 2 atom stereocenters. The zero-order valence-electron chi connectivity index (χ0n) is 12.4. The number of halogens is 3. The third-order valence-corrected chi connectivity index (χ3v) is 2.96. The number of carbonyl (C=O) groups is 1. The lowest BCUT2D eigenvalue weighted by atomic mass is 10.0. The van der Waals surface area contributed by atoms with Gasteiger partial charge in [-0.15, -0.1) is 0 Å². The van der Waals surface area contributed by atoms with Gasteiger partial charge in [-0.3, -0.25) is 4.90 Å². The van der Waals surface area contributed by atoms with Gasteiger partial charge < -0.3 is 14.6 Å². The van der Waals surface area contributed by atoms with Crippen molar-refractivity contribution in [2.75, 3.05) is 19.8 Å². The summed E-state index contributed by atoms with van der Waals surface area (Å²) in [4.78, 5) is 13.3. The van der Waals surface area contributed by atoms with Crippen molar-refractivity contribution >= 4 is 6.09 Å². The van der Waals surface area contributed by atoms with Gasteiger partial charge >= 0.3 is 12.3 Å². The van der Waals surface area contributed by atoms with Crippen molar-refractivity contribution in [2.45, 2.75) is 57.5 Å². The zero-order valence-corrected chi connectivity index (χ0v) is 12.4. The first-order valence-electron chi connectivity index (χ1n) is 6.82. The van der Waals surface area contributed by atoms with Gasteiger partial charge in [0.25, 0.3) is 0 Å². The molecular weight excluding hydrogens is 291 g/mol. The number of morpholine rings is 1. The van der Waals surface area contributed by atoms with Crippen molar-refractivity contribution in [3.8, 4) is 0 Å². The van der Waals surface area contributed by atoms with Crippen molar-refractivity contribution in [3.63, 3.8) is 0 Å². The second kappa shape index (κ2) is 6.83. The number of nitrogens with zero attached hydrogens (tertiary/aromatic N) is 1. The number of hydrogen-bond donors (Lipinski definition) is 1. The maximum absolute atomic E-state index is 12.2. The Balaban J connectivity index is 2.66. The molecule has 0 aliphatic carbocycles. The number of hydrogen-bond acceptors (Lipinski definition) is 4. The molecule has 0 spiro atoms. The Morgan fingerprint density at radius 2 is 2.05 bits per heavy atom. The van der Waals surface area contributed by atoms with E-state index in [1.54, 1.807) is 20.8 Å². The first-order valence-corrected chi connectivity index (χ1v) is 6.82. The summed E-state index contributed by atoms with van der Waals surface area (Å²) in [5.74, 6) is 0. The molecule has 0 bridgehead atoms. The number of ether oxygens (including phenoxy) is 2. The van der Waals surface area contributed by atoms with Gasteiger partial charge in [0.2, 0.25) is 0 Å². The van der Waals surface area contributed by atoms with Crippen LogP contribution in [0.2, 0.25) is 0 Å². The van der Waals surface area contributed by atoms with Crippen molar-refractivity contribution in [1.82, 2.24) is 4.90 Å². The standard InChI is InChI=1S/C13H22F3NO4/c1-12(2,3)21-11(19)17-6-7-20-8-9(17)10(18)4-5-13(14,15)16/h9-10,18H,4-8H2,1-3H3. The molecule has 1 saturated heterocycles. The molecule has 0 aromatic rings. The second-order valence-corrected chi connectivity index (χ2v) is 6.04. The summed E-state index contributed by atoms with van der Waals surface area (Å²) in [7, 11) is 0. The van der Waals surface area contributed by atoms with E-state index in [0.717, 1.165) is 0 Å². The molecule has 0 aromatic carbocycles. The topological polar surface area (TPSA) is 59.0 Å². The molecule has 8 heteroatoms. The van der Waals surface area contributed by atoms with Crippen LogP contribution in [0.25, 0.3) is 0 Å². The van der Waals surface area contributed by atoms with Crippen LogP contribution in [-0.4, -0.2) is 59.8 Å². The summed E-state index contributed by atoms with van der Waals surface area (Å²) in [5.41, 5.74) is -0.711. The van der Waals surface area contributed by atoms with Crippen LogP contribution in [0.4, 0.5) is 18.0 Å². The second-order valence-electron chi connectivity index (χ2n) is 6.04. The van der Waals surface area contributed by atoms with E-state index in [0.29, 0.717) is 0 Å². The number of rotatable bonds is 3. The fourth-order valence-corrected chi connectivity index (χ4v) is 1.99. The van der Waals surface area contributed by atoms with E-state index in [-0.39, 0.29) is 19.8 Å². The Bertz CT molecular complexity index is 354. The van der Waals surface area contributed by atoms with E-state index in [4.69, 9.17) is 9.47 Å². The van der Waals surface area contributed by atoms with Gasteiger partial charge in [0.05, 0.1) is 25.4 Å². The fourth-order valence-electron chi connectivity index (χ4n) is 1.99. The Labute approximate surface area is 122 Å². The molecule has 21 heavy (non-hydrogen) atoms.